The molecule has 2 fully saturated rings. The molecule has 2 amide bonds. The molecule has 0 aromatic carbocycles. The number of nitrogens with zero attached hydrogens (tertiary/aromatic N) is 7. The van der Waals surface area contributed by atoms with E-state index in [9.17, 15) is 9.59 Å². The molecule has 2 aromatic rings. The van der Waals surface area contributed by atoms with Crippen LogP contribution in [0.1, 0.15) is 41.0 Å². The Bertz CT molecular complexity index is 960. The van der Waals surface area contributed by atoms with Crippen LogP contribution < -0.4 is 5.73 Å². The van der Waals surface area contributed by atoms with Crippen molar-refractivity contribution < 1.29 is 9.59 Å². The van der Waals surface area contributed by atoms with E-state index in [1.54, 1.807) is 16.8 Å². The average molecular weight is 425 g/mol. The van der Waals surface area contributed by atoms with Crippen LogP contribution in [0.5, 0.6) is 0 Å². The molecule has 2 aliphatic heterocycles. The van der Waals surface area contributed by atoms with Crippen LogP contribution in [0.15, 0.2) is 18.3 Å². The molecule has 31 heavy (non-hydrogen) atoms. The van der Waals surface area contributed by atoms with Crippen molar-refractivity contribution in [1.29, 1.82) is 0 Å². The summed E-state index contributed by atoms with van der Waals surface area (Å²) in [5.41, 5.74) is 7.45. The van der Waals surface area contributed by atoms with E-state index in [-0.39, 0.29) is 11.6 Å². The number of carbonyl (C=O) groups excluding carboxylic acids is 2. The van der Waals surface area contributed by atoms with Crippen molar-refractivity contribution in [3.63, 3.8) is 0 Å². The van der Waals surface area contributed by atoms with Crippen LogP contribution in [0.4, 0.5) is 0 Å². The number of primary amides is 1. The van der Waals surface area contributed by atoms with Gasteiger partial charge in [-0.15, -0.1) is 10.2 Å². The summed E-state index contributed by atoms with van der Waals surface area (Å²) >= 11 is 0. The summed E-state index contributed by atoms with van der Waals surface area (Å²) in [4.78, 5) is 30.8. The number of nitrogens with two attached hydrogens (primary N) is 1. The first kappa shape index (κ1) is 20.1. The van der Waals surface area contributed by atoms with E-state index >= 15 is 0 Å². The second-order valence-electron chi connectivity index (χ2n) is 8.65. The molecule has 1 saturated carbocycles. The van der Waals surface area contributed by atoms with Crippen molar-refractivity contribution in [3.05, 3.63) is 35.3 Å². The molecule has 164 valence electrons. The second kappa shape index (κ2) is 8.35. The lowest BCUT2D eigenvalue weighted by Gasteiger charge is -2.43. The van der Waals surface area contributed by atoms with Gasteiger partial charge in [-0.3, -0.25) is 19.4 Å². The SMILES string of the molecule is NC(=O)c1ccc(-n2cc3c(n2)CCN(CC(=O)N2CCN(C4CCC4)CC2)C3)nn1. The maximum atomic E-state index is 12.8. The number of hydrogen-bond acceptors (Lipinski definition) is 7. The maximum absolute atomic E-state index is 12.8. The van der Waals surface area contributed by atoms with E-state index in [1.165, 1.54) is 19.3 Å². The fourth-order valence-corrected chi connectivity index (χ4v) is 4.58. The van der Waals surface area contributed by atoms with Gasteiger partial charge in [0.25, 0.3) is 5.91 Å². The lowest BCUT2D eigenvalue weighted by molar-refractivity contribution is -0.135. The van der Waals surface area contributed by atoms with Crippen molar-refractivity contribution in [2.24, 2.45) is 5.73 Å². The lowest BCUT2D eigenvalue weighted by Crippen LogP contribution is -2.55. The largest absolute Gasteiger partial charge is 0.364 e. The van der Waals surface area contributed by atoms with Crippen molar-refractivity contribution in [2.75, 3.05) is 39.3 Å². The van der Waals surface area contributed by atoms with Crippen LogP contribution in [0, 0.1) is 0 Å². The molecule has 1 saturated heterocycles. The third-order valence-corrected chi connectivity index (χ3v) is 6.69. The zero-order chi connectivity index (χ0) is 21.4. The Morgan fingerprint density at radius 2 is 1.87 bits per heavy atom. The maximum Gasteiger partial charge on any atom is 0.269 e. The predicted octanol–water partition coefficient (Wildman–Crippen LogP) is -0.184. The predicted molar refractivity (Wildman–Crippen MR) is 112 cm³/mol. The zero-order valence-electron chi connectivity index (χ0n) is 17.6. The molecule has 0 unspecified atom stereocenters. The minimum atomic E-state index is -0.608. The molecule has 0 radical (unpaired) electrons. The van der Waals surface area contributed by atoms with Crippen molar-refractivity contribution in [3.8, 4) is 5.82 Å². The highest BCUT2D eigenvalue weighted by atomic mass is 16.2. The average Bonchev–Trinajstić information content (AvgIpc) is 3.16. The highest BCUT2D eigenvalue weighted by molar-refractivity contribution is 5.90. The minimum Gasteiger partial charge on any atom is -0.364 e. The van der Waals surface area contributed by atoms with E-state index < -0.39 is 5.91 Å². The van der Waals surface area contributed by atoms with Crippen molar-refractivity contribution in [1.82, 2.24) is 34.7 Å². The number of carbonyl (C=O) groups is 2. The standard InChI is InChI=1S/C21H28N8O2/c22-21(31)18-4-5-19(24-23-18)29-13-15-12-26(7-6-17(15)25-29)14-20(30)28-10-8-27(9-11-28)16-2-1-3-16/h4-5,13,16H,1-3,6-12,14H2,(H2,22,31). The van der Waals surface area contributed by atoms with Gasteiger partial charge in [-0.1, -0.05) is 6.42 Å². The van der Waals surface area contributed by atoms with E-state index in [2.05, 4.69) is 25.1 Å². The fraction of sp³-hybridized carbons (Fsp3) is 0.571. The molecular weight excluding hydrogens is 396 g/mol. The van der Waals surface area contributed by atoms with Crippen LogP contribution in [0.2, 0.25) is 0 Å². The third kappa shape index (κ3) is 4.17. The van der Waals surface area contributed by atoms with Gasteiger partial charge in [0.05, 0.1) is 12.2 Å². The Kier molecular flexibility index (Phi) is 5.41. The van der Waals surface area contributed by atoms with Crippen LogP contribution in [0.25, 0.3) is 5.82 Å². The Morgan fingerprint density at radius 3 is 2.52 bits per heavy atom. The first-order chi connectivity index (χ1) is 15.1. The Labute approximate surface area is 181 Å². The summed E-state index contributed by atoms with van der Waals surface area (Å²) in [6.07, 6.45) is 6.70. The van der Waals surface area contributed by atoms with Gasteiger partial charge in [0.15, 0.2) is 11.5 Å². The molecule has 3 aliphatic rings. The third-order valence-electron chi connectivity index (χ3n) is 6.69. The highest BCUT2D eigenvalue weighted by Crippen LogP contribution is 2.25. The molecule has 2 N–H and O–H groups in total. The van der Waals surface area contributed by atoms with Gasteiger partial charge in [0.1, 0.15) is 0 Å². The fourth-order valence-electron chi connectivity index (χ4n) is 4.58. The van der Waals surface area contributed by atoms with Gasteiger partial charge >= 0.3 is 0 Å². The number of amides is 2. The molecular formula is C21H28N8O2. The molecule has 0 atom stereocenters. The summed E-state index contributed by atoms with van der Waals surface area (Å²) in [6.45, 7) is 5.63. The Balaban J connectivity index is 1.17. The van der Waals surface area contributed by atoms with Crippen LogP contribution >= 0.6 is 0 Å². The molecule has 0 bridgehead atoms. The zero-order valence-corrected chi connectivity index (χ0v) is 17.6. The van der Waals surface area contributed by atoms with Gasteiger partial charge in [-0.2, -0.15) is 5.10 Å². The smallest absolute Gasteiger partial charge is 0.269 e. The molecule has 1 aliphatic carbocycles. The molecule has 0 spiro atoms. The summed E-state index contributed by atoms with van der Waals surface area (Å²) < 4.78 is 1.67. The molecule has 10 nitrogen and oxygen atoms in total. The number of fused-ring (bicyclic) bond motifs is 1. The van der Waals surface area contributed by atoms with Crippen LogP contribution in [-0.4, -0.2) is 91.8 Å². The number of hydrogen-bond donors (Lipinski definition) is 1. The van der Waals surface area contributed by atoms with E-state index in [4.69, 9.17) is 5.73 Å². The van der Waals surface area contributed by atoms with Gasteiger partial charge in [0, 0.05) is 63.5 Å². The molecule has 2 aromatic heterocycles. The van der Waals surface area contributed by atoms with Gasteiger partial charge in [0.2, 0.25) is 5.91 Å². The topological polar surface area (TPSA) is 113 Å². The number of rotatable bonds is 5. The summed E-state index contributed by atoms with van der Waals surface area (Å²) in [5, 5.41) is 12.5. The van der Waals surface area contributed by atoms with Gasteiger partial charge < -0.3 is 10.6 Å². The molecule has 5 rings (SSSR count). The van der Waals surface area contributed by atoms with Crippen LogP contribution in [0.3, 0.4) is 0 Å². The first-order valence-electron chi connectivity index (χ1n) is 11.0. The van der Waals surface area contributed by atoms with Crippen molar-refractivity contribution >= 4 is 11.8 Å². The van der Waals surface area contributed by atoms with Gasteiger partial charge in [-0.05, 0) is 25.0 Å². The summed E-state index contributed by atoms with van der Waals surface area (Å²) in [7, 11) is 0. The van der Waals surface area contributed by atoms with E-state index in [1.807, 2.05) is 11.1 Å². The minimum absolute atomic E-state index is 0.124. The number of piperazine rings is 1. The molecule has 10 heteroatoms. The van der Waals surface area contributed by atoms with Crippen molar-refractivity contribution in [2.45, 2.75) is 38.3 Å². The van der Waals surface area contributed by atoms with E-state index in [0.29, 0.717) is 18.9 Å². The van der Waals surface area contributed by atoms with Gasteiger partial charge in [-0.25, -0.2) is 4.68 Å². The summed E-state index contributed by atoms with van der Waals surface area (Å²) in [6, 6.07) is 3.97. The highest BCUT2D eigenvalue weighted by Gasteiger charge is 2.30. The second-order valence-corrected chi connectivity index (χ2v) is 8.65. The van der Waals surface area contributed by atoms with E-state index in [0.717, 1.165) is 56.4 Å². The monoisotopic (exact) mass is 424 g/mol. The quantitative estimate of drug-likeness (QED) is 0.708. The Hall–Kier alpha value is -2.85. The Morgan fingerprint density at radius 1 is 1.06 bits per heavy atom. The first-order valence-corrected chi connectivity index (χ1v) is 11.0. The normalized spacial score (nSPS) is 20.3. The molecule has 4 heterocycles. The number of aromatic nitrogens is 4. The lowest BCUT2D eigenvalue weighted by atomic mass is 9.91. The van der Waals surface area contributed by atoms with Crippen LogP contribution in [-0.2, 0) is 17.8 Å². The summed E-state index contributed by atoms with van der Waals surface area (Å²) in [5.74, 6) is 0.145.